The van der Waals surface area contributed by atoms with Crippen LogP contribution in [-0.4, -0.2) is 29.4 Å². The van der Waals surface area contributed by atoms with Gasteiger partial charge in [0.2, 0.25) is 0 Å². The number of Topliss-reactive ketones (excluding diaryl/α,β-unsaturated/α-hetero) is 2. The molecule has 0 spiro atoms. The Kier molecular flexibility index (Phi) is 5.23. The minimum Gasteiger partial charge on any atom is -0.288 e. The lowest BCUT2D eigenvalue weighted by molar-refractivity contribution is 0.0989. The van der Waals surface area contributed by atoms with Gasteiger partial charge in [-0.1, -0.05) is 72.2 Å². The highest BCUT2D eigenvalue weighted by molar-refractivity contribution is 6.41. The van der Waals surface area contributed by atoms with E-state index in [9.17, 15) is 9.59 Å². The average molecular weight is 504 g/mol. The second-order valence-corrected chi connectivity index (χ2v) is 9.51. The van der Waals surface area contributed by atoms with Crippen molar-refractivity contribution in [1.29, 1.82) is 0 Å². The molecule has 0 saturated heterocycles. The van der Waals surface area contributed by atoms with Gasteiger partial charge in [-0.3, -0.25) is 19.4 Å². The quantitative estimate of drug-likeness (QED) is 0.195. The lowest BCUT2D eigenvalue weighted by Crippen LogP contribution is -2.22. The first kappa shape index (κ1) is 22.9. The number of rotatable bonds is 3. The highest BCUT2D eigenvalue weighted by Gasteiger charge is 2.37. The summed E-state index contributed by atoms with van der Waals surface area (Å²) in [6, 6.07) is 32.9. The number of benzene rings is 4. The van der Waals surface area contributed by atoms with Gasteiger partial charge in [0.1, 0.15) is 13.7 Å². The summed E-state index contributed by atoms with van der Waals surface area (Å²) in [4.78, 5) is 40.6. The Morgan fingerprint density at radius 3 is 1.67 bits per heavy atom. The summed E-state index contributed by atoms with van der Waals surface area (Å²) in [6.45, 7) is 0. The van der Waals surface area contributed by atoms with E-state index in [-0.39, 0.29) is 17.1 Å². The fraction of sp³-hybridized carbons (Fsp3) is 0. The number of para-hydroxylation sites is 4. The van der Waals surface area contributed by atoms with E-state index >= 15 is 0 Å². The summed E-state index contributed by atoms with van der Waals surface area (Å²) in [5.74, 6) is 1.51. The number of hydrogen-bond acceptors (Lipinski definition) is 6. The molecule has 0 unspecified atom stereocenters. The van der Waals surface area contributed by atoms with Crippen LogP contribution in [-0.2, 0) is 0 Å². The molecule has 2 aliphatic rings. The lowest BCUT2D eigenvalue weighted by Gasteiger charge is -2.24. The van der Waals surface area contributed by atoms with Crippen LogP contribution in [0, 0.1) is 0 Å². The maximum Gasteiger partial charge on any atom is 0.197 e. The van der Waals surface area contributed by atoms with E-state index in [1.54, 1.807) is 18.2 Å². The Balaban J connectivity index is 1.46. The van der Waals surface area contributed by atoms with Crippen LogP contribution >= 0.6 is 0 Å². The third kappa shape index (κ3) is 3.67. The van der Waals surface area contributed by atoms with Gasteiger partial charge in [-0.15, -0.1) is 0 Å². The predicted octanol–water partition coefficient (Wildman–Crippen LogP) is 5.03. The van der Waals surface area contributed by atoms with Crippen molar-refractivity contribution in [2.24, 2.45) is 0 Å². The van der Waals surface area contributed by atoms with Crippen LogP contribution < -0.4 is 15.3 Å². The minimum atomic E-state index is -0.262. The van der Waals surface area contributed by atoms with Crippen molar-refractivity contribution in [3.63, 3.8) is 0 Å². The van der Waals surface area contributed by atoms with Crippen molar-refractivity contribution in [1.82, 2.24) is 9.97 Å². The first-order valence-electron chi connectivity index (χ1n) is 12.7. The van der Waals surface area contributed by atoms with Gasteiger partial charge in [-0.25, -0.2) is 9.97 Å². The van der Waals surface area contributed by atoms with Gasteiger partial charge in [-0.05, 0) is 48.6 Å². The molecule has 2 heterocycles. The molecule has 0 N–H and O–H groups in total. The molecule has 0 fully saturated rings. The van der Waals surface area contributed by atoms with Crippen molar-refractivity contribution in [3.05, 3.63) is 138 Å². The summed E-state index contributed by atoms with van der Waals surface area (Å²) < 4.78 is 0. The highest BCUT2D eigenvalue weighted by atomic mass is 16.2. The zero-order valence-electron chi connectivity index (χ0n) is 21.1. The number of anilines is 4. The molecule has 39 heavy (non-hydrogen) atoms. The second-order valence-electron chi connectivity index (χ2n) is 9.51. The fourth-order valence-corrected chi connectivity index (χ4v) is 5.16. The number of nitrogens with zero attached hydrogens (tertiary/aromatic N) is 4. The largest absolute Gasteiger partial charge is 0.288 e. The van der Waals surface area contributed by atoms with Crippen LogP contribution in [0.4, 0.5) is 23.0 Å². The van der Waals surface area contributed by atoms with Crippen molar-refractivity contribution in [2.45, 2.75) is 0 Å². The Hall–Kier alpha value is -5.30. The molecule has 7 rings (SSSR count). The van der Waals surface area contributed by atoms with Crippen LogP contribution in [0.2, 0.25) is 0 Å². The molecule has 184 valence electrons. The van der Waals surface area contributed by atoms with Crippen molar-refractivity contribution in [2.75, 3.05) is 9.80 Å². The number of aromatic nitrogens is 2. The number of carbonyl (C=O) groups excluding carboxylic acids is 2. The molecule has 1 aromatic heterocycles. The average Bonchev–Trinajstić information content (AvgIpc) is 3.41. The van der Waals surface area contributed by atoms with Crippen LogP contribution in [0.3, 0.4) is 0 Å². The topological polar surface area (TPSA) is 66.4 Å². The van der Waals surface area contributed by atoms with Gasteiger partial charge in [-0.2, -0.15) is 0 Å². The Labute approximate surface area is 226 Å². The van der Waals surface area contributed by atoms with Gasteiger partial charge in [0.25, 0.3) is 0 Å². The predicted molar refractivity (Wildman–Crippen MR) is 156 cm³/mol. The van der Waals surface area contributed by atoms with Crippen molar-refractivity contribution >= 4 is 58.9 Å². The SMILES string of the molecule is Bc1ccc2c(c1)C(=O)/C(=C/C=C1N(c3ccccc3)c3nc4ccccc4nc3N1c1ccccc1)C2=O. The van der Waals surface area contributed by atoms with Crippen LogP contribution in [0.1, 0.15) is 20.7 Å². The molecule has 4 aromatic carbocycles. The van der Waals surface area contributed by atoms with Crippen molar-refractivity contribution < 1.29 is 9.59 Å². The van der Waals surface area contributed by atoms with E-state index in [2.05, 4.69) is 0 Å². The number of ketones is 2. The van der Waals surface area contributed by atoms with Gasteiger partial charge < -0.3 is 0 Å². The third-order valence-corrected chi connectivity index (χ3v) is 7.00. The molecular weight excluding hydrogens is 483 g/mol. The molecule has 0 saturated carbocycles. The number of hydrogen-bond donors (Lipinski definition) is 0. The first-order chi connectivity index (χ1) is 19.1. The number of carbonyl (C=O) groups is 2. The maximum absolute atomic E-state index is 13.3. The molecule has 0 radical (unpaired) electrons. The smallest absolute Gasteiger partial charge is 0.197 e. The van der Waals surface area contributed by atoms with Gasteiger partial charge in [0, 0.05) is 22.5 Å². The Morgan fingerprint density at radius 2 is 1.10 bits per heavy atom. The molecule has 0 bridgehead atoms. The summed E-state index contributed by atoms with van der Waals surface area (Å²) in [5.41, 5.74) is 5.30. The normalized spacial score (nSPS) is 15.3. The van der Waals surface area contributed by atoms with Crippen LogP contribution in [0.15, 0.2) is 127 Å². The lowest BCUT2D eigenvalue weighted by atomic mass is 9.93. The summed E-state index contributed by atoms with van der Waals surface area (Å²) in [6.07, 6.45) is 3.45. The summed E-state index contributed by atoms with van der Waals surface area (Å²) >= 11 is 0. The monoisotopic (exact) mass is 504 g/mol. The van der Waals surface area contributed by atoms with E-state index in [0.717, 1.165) is 27.9 Å². The van der Waals surface area contributed by atoms with E-state index in [4.69, 9.17) is 9.97 Å². The standard InChI is InChI=1S/C32H21BN4O2/c33-20-15-16-23-25(19-20)30(39)24(29(23)38)17-18-28-36(21-9-3-1-4-10-21)31-32(37(28)22-11-5-2-6-12-22)35-27-14-8-7-13-26(27)34-31/h1-19H,33H2/b24-17+. The third-order valence-electron chi connectivity index (χ3n) is 7.00. The van der Waals surface area contributed by atoms with Gasteiger partial charge >= 0.3 is 0 Å². The first-order valence-corrected chi connectivity index (χ1v) is 12.7. The molecule has 1 aliphatic heterocycles. The number of fused-ring (bicyclic) bond motifs is 3. The Bertz CT molecular complexity index is 1780. The van der Waals surface area contributed by atoms with Gasteiger partial charge in [0.15, 0.2) is 23.2 Å². The molecule has 5 aromatic rings. The van der Waals surface area contributed by atoms with Gasteiger partial charge in [0.05, 0.1) is 16.6 Å². The van der Waals surface area contributed by atoms with Crippen molar-refractivity contribution in [3.8, 4) is 0 Å². The summed E-state index contributed by atoms with van der Waals surface area (Å²) in [7, 11) is 1.91. The molecular formula is C32H21BN4O2. The van der Waals surface area contributed by atoms with E-state index in [1.165, 1.54) is 0 Å². The van der Waals surface area contributed by atoms with E-state index in [0.29, 0.717) is 28.6 Å². The Morgan fingerprint density at radius 1 is 0.590 bits per heavy atom. The molecule has 6 nitrogen and oxygen atoms in total. The molecule has 1 aliphatic carbocycles. The second kappa shape index (κ2) is 8.92. The maximum atomic E-state index is 13.3. The van der Waals surface area contributed by atoms with E-state index < -0.39 is 0 Å². The zero-order valence-corrected chi connectivity index (χ0v) is 21.1. The van der Waals surface area contributed by atoms with Crippen LogP contribution in [0.25, 0.3) is 11.0 Å². The molecule has 0 amide bonds. The highest BCUT2D eigenvalue weighted by Crippen LogP contribution is 2.48. The summed E-state index contributed by atoms with van der Waals surface area (Å²) in [5, 5.41) is 0. The molecule has 7 heteroatoms. The fourth-order valence-electron chi connectivity index (χ4n) is 5.16. The van der Waals surface area contributed by atoms with Crippen LogP contribution in [0.5, 0.6) is 0 Å². The number of allylic oxidation sites excluding steroid dienone is 3. The zero-order chi connectivity index (χ0) is 26.5. The van der Waals surface area contributed by atoms with E-state index in [1.807, 2.05) is 115 Å². The minimum absolute atomic E-state index is 0.145. The molecule has 0 atom stereocenters.